The number of aliphatic hydroxyl groups is 1. The minimum atomic E-state index is -2.46. The first-order valence-electron chi connectivity index (χ1n) is 7.34. The van der Waals surface area contributed by atoms with Crippen LogP contribution in [-0.4, -0.2) is 62.6 Å². The number of hydrogen-bond donors (Lipinski definition) is 3. The van der Waals surface area contributed by atoms with Gasteiger partial charge < -0.3 is 25.2 Å². The topological polar surface area (TPSA) is 123 Å². The van der Waals surface area contributed by atoms with Crippen LogP contribution in [0, 0.1) is 0 Å². The van der Waals surface area contributed by atoms with Crippen molar-refractivity contribution in [1.29, 1.82) is 0 Å². The number of esters is 1. The third-order valence-corrected chi connectivity index (χ3v) is 3.37. The number of rotatable bonds is 6. The van der Waals surface area contributed by atoms with Gasteiger partial charge in [0.05, 0.1) is 25.6 Å². The van der Waals surface area contributed by atoms with Gasteiger partial charge in [-0.15, -0.1) is 10.2 Å². The molecule has 0 aliphatic carbocycles. The van der Waals surface area contributed by atoms with E-state index in [1.807, 2.05) is 5.32 Å². The molecular weight excluding hydrogens is 373 g/mol. The number of benzene rings is 1. The Labute approximate surface area is 162 Å². The molecule has 1 amide bonds. The summed E-state index contributed by atoms with van der Waals surface area (Å²) in [4.78, 5) is 24.1. The fourth-order valence-electron chi connectivity index (χ4n) is 2.14. The number of nitrogens with one attached hydrogen (secondary N) is 2. The van der Waals surface area contributed by atoms with Crippen molar-refractivity contribution < 1.29 is 24.2 Å². The van der Waals surface area contributed by atoms with E-state index < -0.39 is 17.4 Å². The lowest BCUT2D eigenvalue weighted by Crippen LogP contribution is -2.49. The number of halogens is 1. The second-order valence-corrected chi connectivity index (χ2v) is 5.60. The lowest BCUT2D eigenvalue weighted by atomic mass is 9.73. The van der Waals surface area contributed by atoms with Crippen molar-refractivity contribution in [3.8, 4) is 5.75 Å². The highest BCUT2D eigenvalue weighted by molar-refractivity contribution is 6.39. The number of methoxy groups -OCH3 is 2. The molecule has 0 spiro atoms. The molecule has 0 fully saturated rings. The molecular formula is C15H13B2ClN4O5. The van der Waals surface area contributed by atoms with E-state index in [1.54, 1.807) is 12.1 Å². The van der Waals surface area contributed by atoms with Crippen molar-refractivity contribution in [3.63, 3.8) is 0 Å². The molecule has 9 nitrogen and oxygen atoms in total. The van der Waals surface area contributed by atoms with Crippen LogP contribution in [0.5, 0.6) is 5.75 Å². The van der Waals surface area contributed by atoms with Gasteiger partial charge in [0.1, 0.15) is 21.3 Å². The first-order chi connectivity index (χ1) is 12.7. The van der Waals surface area contributed by atoms with Gasteiger partial charge in [0.2, 0.25) is 0 Å². The van der Waals surface area contributed by atoms with E-state index in [1.165, 1.54) is 26.4 Å². The van der Waals surface area contributed by atoms with E-state index >= 15 is 0 Å². The molecule has 0 atom stereocenters. The monoisotopic (exact) mass is 386 g/mol. The number of carbonyl (C=O) groups is 2. The second-order valence-electron chi connectivity index (χ2n) is 5.21. The average molecular weight is 386 g/mol. The fourth-order valence-corrected chi connectivity index (χ4v) is 2.29. The lowest BCUT2D eigenvalue weighted by molar-refractivity contribution is 0.0596. The normalized spacial score (nSPS) is 10.8. The molecule has 3 N–H and O–H groups in total. The highest BCUT2D eigenvalue weighted by Crippen LogP contribution is 2.33. The summed E-state index contributed by atoms with van der Waals surface area (Å²) in [5.41, 5.74) is -2.16. The summed E-state index contributed by atoms with van der Waals surface area (Å²) >= 11 is 5.85. The van der Waals surface area contributed by atoms with Crippen LogP contribution in [-0.2, 0) is 4.74 Å². The Morgan fingerprint density at radius 3 is 2.52 bits per heavy atom. The van der Waals surface area contributed by atoms with Crippen LogP contribution in [0.25, 0.3) is 0 Å². The smallest absolute Gasteiger partial charge is 0.341 e. The molecule has 1 aromatic heterocycles. The van der Waals surface area contributed by atoms with Crippen LogP contribution < -0.4 is 15.4 Å². The van der Waals surface area contributed by atoms with Gasteiger partial charge in [0.15, 0.2) is 16.6 Å². The van der Waals surface area contributed by atoms with E-state index in [0.717, 1.165) is 0 Å². The predicted octanol–water partition coefficient (Wildman–Crippen LogP) is 0.339. The summed E-state index contributed by atoms with van der Waals surface area (Å²) in [5.74, 6) is -1.37. The Morgan fingerprint density at radius 1 is 1.22 bits per heavy atom. The van der Waals surface area contributed by atoms with Crippen LogP contribution in [0.15, 0.2) is 24.3 Å². The maximum absolute atomic E-state index is 12.2. The molecule has 0 saturated carbocycles. The predicted molar refractivity (Wildman–Crippen MR) is 98.6 cm³/mol. The molecule has 2 aromatic rings. The van der Waals surface area contributed by atoms with Crippen LogP contribution >= 0.6 is 11.6 Å². The molecule has 2 rings (SSSR count). The summed E-state index contributed by atoms with van der Waals surface area (Å²) in [5, 5.41) is 21.4. The van der Waals surface area contributed by atoms with Gasteiger partial charge in [-0.2, -0.15) is 0 Å². The van der Waals surface area contributed by atoms with Gasteiger partial charge in [-0.1, -0.05) is 17.7 Å². The van der Waals surface area contributed by atoms with Gasteiger partial charge in [0, 0.05) is 11.6 Å². The number of ether oxygens (including phenoxy) is 2. The van der Waals surface area contributed by atoms with Crippen LogP contribution in [0.2, 0.25) is 5.15 Å². The van der Waals surface area contributed by atoms with Gasteiger partial charge in [0.25, 0.3) is 5.91 Å². The van der Waals surface area contributed by atoms with E-state index in [-0.39, 0.29) is 27.8 Å². The molecule has 12 heteroatoms. The van der Waals surface area contributed by atoms with Crippen molar-refractivity contribution in [1.82, 2.24) is 15.5 Å². The third-order valence-electron chi connectivity index (χ3n) is 3.19. The van der Waals surface area contributed by atoms with Gasteiger partial charge in [-0.05, 0) is 12.1 Å². The maximum atomic E-state index is 12.2. The van der Waals surface area contributed by atoms with E-state index in [4.69, 9.17) is 36.8 Å². The summed E-state index contributed by atoms with van der Waals surface area (Å²) in [6, 6.07) is 5.97. The molecule has 1 aromatic carbocycles. The zero-order valence-electron chi connectivity index (χ0n) is 14.3. The van der Waals surface area contributed by atoms with Gasteiger partial charge in [-0.25, -0.2) is 4.79 Å². The molecule has 27 heavy (non-hydrogen) atoms. The maximum Gasteiger partial charge on any atom is 0.341 e. The third kappa shape index (κ3) is 5.11. The number of anilines is 2. The number of hydrogen-bond acceptors (Lipinski definition) is 8. The highest BCUT2D eigenvalue weighted by atomic mass is 35.5. The molecule has 4 radical (unpaired) electrons. The standard InChI is InChI=1S/C15H13B2ClN4O5/c1-26-12-7(14(24)27-2)4-3-5-8(12)19-9-6-10(18)21-22-11(9)13(23)20-15(16,17)25/h3-6,25H,1-2H3,(H,19,21)(H,20,23). The number of amides is 1. The fraction of sp³-hybridized carbons (Fsp3) is 0.200. The minimum absolute atomic E-state index is 0.0205. The average Bonchev–Trinajstić information content (AvgIpc) is 2.59. The Hall–Kier alpha value is -2.78. The number of carbonyl (C=O) groups excluding carboxylic acids is 2. The zero-order valence-corrected chi connectivity index (χ0v) is 15.1. The number of nitrogens with zero attached hydrogens (tertiary/aromatic N) is 2. The summed E-state index contributed by atoms with van der Waals surface area (Å²) < 4.78 is 9.98. The summed E-state index contributed by atoms with van der Waals surface area (Å²) in [6.45, 7) is 0. The largest absolute Gasteiger partial charge is 0.494 e. The zero-order chi connectivity index (χ0) is 20.2. The molecule has 0 unspecified atom stereocenters. The molecule has 136 valence electrons. The molecule has 0 saturated heterocycles. The number of aromatic nitrogens is 2. The second kappa shape index (κ2) is 8.28. The summed E-state index contributed by atoms with van der Waals surface area (Å²) in [7, 11) is 12.9. The SMILES string of the molecule is [B]C([B])(O)NC(=O)c1nnc(Cl)cc1Nc1cccc(C(=O)OC)c1OC. The van der Waals surface area contributed by atoms with Crippen molar-refractivity contribution in [3.05, 3.63) is 40.7 Å². The molecule has 0 aliphatic heterocycles. The first-order valence-corrected chi connectivity index (χ1v) is 7.72. The number of para-hydroxylation sites is 1. The Kier molecular flexibility index (Phi) is 6.29. The summed E-state index contributed by atoms with van der Waals surface area (Å²) in [6.07, 6.45) is 0. The molecule has 0 bridgehead atoms. The van der Waals surface area contributed by atoms with Crippen molar-refractivity contribution in [2.24, 2.45) is 0 Å². The van der Waals surface area contributed by atoms with Crippen molar-refractivity contribution in [2.75, 3.05) is 19.5 Å². The Morgan fingerprint density at radius 2 is 1.93 bits per heavy atom. The molecule has 1 heterocycles. The van der Waals surface area contributed by atoms with Crippen molar-refractivity contribution in [2.45, 2.75) is 5.52 Å². The Balaban J connectivity index is 2.47. The minimum Gasteiger partial charge on any atom is -0.494 e. The van der Waals surface area contributed by atoms with Gasteiger partial charge >= 0.3 is 5.97 Å². The van der Waals surface area contributed by atoms with Gasteiger partial charge in [-0.3, -0.25) is 4.79 Å². The Bertz CT molecular complexity index is 876. The van der Waals surface area contributed by atoms with E-state index in [2.05, 4.69) is 15.5 Å². The molecule has 0 aliphatic rings. The quantitative estimate of drug-likeness (QED) is 0.369. The first kappa shape index (κ1) is 20.5. The van der Waals surface area contributed by atoms with Crippen molar-refractivity contribution >= 4 is 50.5 Å². The van der Waals surface area contributed by atoms with E-state index in [0.29, 0.717) is 5.69 Å². The van der Waals surface area contributed by atoms with E-state index in [9.17, 15) is 14.7 Å². The lowest BCUT2D eigenvalue weighted by Gasteiger charge is -2.21. The highest BCUT2D eigenvalue weighted by Gasteiger charge is 2.23. The van der Waals surface area contributed by atoms with Crippen LogP contribution in [0.1, 0.15) is 20.8 Å². The van der Waals surface area contributed by atoms with Crippen LogP contribution in [0.4, 0.5) is 11.4 Å². The van der Waals surface area contributed by atoms with Crippen LogP contribution in [0.3, 0.4) is 0 Å².